The van der Waals surface area contributed by atoms with E-state index in [1.807, 2.05) is 50.2 Å². The predicted octanol–water partition coefficient (Wildman–Crippen LogP) is 4.09. The van der Waals surface area contributed by atoms with Crippen LogP contribution in [-0.2, 0) is 15.1 Å². The van der Waals surface area contributed by atoms with Crippen molar-refractivity contribution in [3.8, 4) is 0 Å². The van der Waals surface area contributed by atoms with Crippen LogP contribution in [0.5, 0.6) is 0 Å². The molecular weight excluding hydrogens is 404 g/mol. The van der Waals surface area contributed by atoms with Gasteiger partial charge in [0.1, 0.15) is 5.92 Å². The average molecular weight is 424 g/mol. The molecule has 1 heterocycles. The Balaban J connectivity index is 1.67. The molecular formula is C26H20N2O4. The second-order valence-electron chi connectivity index (χ2n) is 8.98. The Morgan fingerprint density at radius 1 is 0.875 bits per heavy atom. The Morgan fingerprint density at radius 3 is 2.03 bits per heavy atom. The summed E-state index contributed by atoms with van der Waals surface area (Å²) < 4.78 is 0. The first-order valence-corrected chi connectivity index (χ1v) is 10.7. The molecule has 6 heteroatoms. The minimum atomic E-state index is -1.79. The van der Waals surface area contributed by atoms with Crippen molar-refractivity contribution in [3.63, 3.8) is 0 Å². The summed E-state index contributed by atoms with van der Waals surface area (Å²) in [5.74, 6) is -3.12. The lowest BCUT2D eigenvalue weighted by Crippen LogP contribution is -2.57. The monoisotopic (exact) mass is 424 g/mol. The van der Waals surface area contributed by atoms with Gasteiger partial charge in [0.25, 0.3) is 5.54 Å². The zero-order valence-corrected chi connectivity index (χ0v) is 17.6. The molecule has 2 atom stereocenters. The van der Waals surface area contributed by atoms with E-state index in [1.165, 1.54) is 4.90 Å². The van der Waals surface area contributed by atoms with Crippen molar-refractivity contribution in [2.75, 3.05) is 4.90 Å². The Hall–Kier alpha value is -3.80. The third kappa shape index (κ3) is 2.00. The first kappa shape index (κ1) is 18.9. The van der Waals surface area contributed by atoms with E-state index < -0.39 is 23.3 Å². The maximum absolute atomic E-state index is 13.9. The first-order valence-electron chi connectivity index (χ1n) is 10.7. The number of nitro groups is 1. The number of imide groups is 1. The number of aryl methyl sites for hydroxylation is 2. The zero-order chi connectivity index (χ0) is 22.4. The summed E-state index contributed by atoms with van der Waals surface area (Å²) in [5, 5.41) is 12.9. The number of rotatable bonds is 2. The van der Waals surface area contributed by atoms with Gasteiger partial charge >= 0.3 is 0 Å². The van der Waals surface area contributed by atoms with Gasteiger partial charge < -0.3 is 0 Å². The van der Waals surface area contributed by atoms with Crippen molar-refractivity contribution in [2.24, 2.45) is 11.8 Å². The van der Waals surface area contributed by atoms with Gasteiger partial charge in [0, 0.05) is 22.0 Å². The molecule has 7 rings (SSSR count). The molecule has 1 fully saturated rings. The quantitative estimate of drug-likeness (QED) is 0.353. The zero-order valence-electron chi connectivity index (χ0n) is 17.6. The Morgan fingerprint density at radius 2 is 1.47 bits per heavy atom. The highest BCUT2D eigenvalue weighted by atomic mass is 16.6. The van der Waals surface area contributed by atoms with Gasteiger partial charge in [0.15, 0.2) is 0 Å². The summed E-state index contributed by atoms with van der Waals surface area (Å²) in [6, 6.07) is 20.0. The lowest BCUT2D eigenvalue weighted by Gasteiger charge is -2.48. The highest BCUT2D eigenvalue weighted by Crippen LogP contribution is 2.64. The summed E-state index contributed by atoms with van der Waals surface area (Å²) in [6.07, 6.45) is 0. The number of benzene rings is 3. The van der Waals surface area contributed by atoms with Gasteiger partial charge in [-0.25, -0.2) is 4.90 Å². The smallest absolute Gasteiger partial charge is 0.274 e. The molecule has 3 aromatic rings. The van der Waals surface area contributed by atoms with Crippen LogP contribution in [0, 0.1) is 35.8 Å². The molecule has 6 nitrogen and oxygen atoms in total. The molecule has 0 radical (unpaired) electrons. The topological polar surface area (TPSA) is 80.5 Å². The normalized spacial score (nSPS) is 27.2. The van der Waals surface area contributed by atoms with E-state index in [0.717, 1.165) is 22.3 Å². The molecule has 2 amide bonds. The fourth-order valence-corrected chi connectivity index (χ4v) is 6.34. The summed E-state index contributed by atoms with van der Waals surface area (Å²) in [4.78, 5) is 41.5. The number of carbonyl (C=O) groups is 2. The Kier molecular flexibility index (Phi) is 3.62. The SMILES string of the molecule is Cc1ccc(N2C(=O)[C@H]3C4c5ccccc5C([N+](=O)[O-])(c5ccccc54)[C@H]3C2=O)c(C)c1. The third-order valence-electron chi connectivity index (χ3n) is 7.45. The second kappa shape index (κ2) is 6.13. The van der Waals surface area contributed by atoms with Crippen molar-refractivity contribution in [1.82, 2.24) is 0 Å². The van der Waals surface area contributed by atoms with Gasteiger partial charge in [0.2, 0.25) is 11.8 Å². The van der Waals surface area contributed by atoms with Crippen LogP contribution in [0.15, 0.2) is 66.7 Å². The van der Waals surface area contributed by atoms with E-state index in [-0.39, 0.29) is 16.7 Å². The molecule has 0 saturated carbocycles. The maximum atomic E-state index is 13.9. The lowest BCUT2D eigenvalue weighted by atomic mass is 9.51. The van der Waals surface area contributed by atoms with Crippen LogP contribution in [0.25, 0.3) is 0 Å². The summed E-state index contributed by atoms with van der Waals surface area (Å²) in [6.45, 7) is 3.80. The number of hydrogen-bond acceptors (Lipinski definition) is 4. The highest BCUT2D eigenvalue weighted by Gasteiger charge is 2.74. The predicted molar refractivity (Wildman–Crippen MR) is 118 cm³/mol. The van der Waals surface area contributed by atoms with Gasteiger partial charge in [-0.05, 0) is 36.6 Å². The van der Waals surface area contributed by atoms with Crippen LogP contribution in [-0.4, -0.2) is 16.7 Å². The third-order valence-corrected chi connectivity index (χ3v) is 7.45. The molecule has 1 saturated heterocycles. The molecule has 158 valence electrons. The molecule has 0 unspecified atom stereocenters. The highest BCUT2D eigenvalue weighted by molar-refractivity contribution is 6.24. The van der Waals surface area contributed by atoms with Crippen molar-refractivity contribution in [2.45, 2.75) is 25.3 Å². The van der Waals surface area contributed by atoms with E-state index >= 15 is 0 Å². The van der Waals surface area contributed by atoms with Crippen LogP contribution in [0.2, 0.25) is 0 Å². The van der Waals surface area contributed by atoms with Crippen LogP contribution >= 0.6 is 0 Å². The Labute approximate surface area is 184 Å². The number of nitrogens with zero attached hydrogens (tertiary/aromatic N) is 2. The van der Waals surface area contributed by atoms with Gasteiger partial charge in [-0.3, -0.25) is 19.7 Å². The second-order valence-corrected chi connectivity index (χ2v) is 8.98. The molecule has 4 aliphatic rings. The lowest BCUT2D eigenvalue weighted by molar-refractivity contribution is -0.578. The van der Waals surface area contributed by atoms with Crippen LogP contribution in [0.1, 0.15) is 39.3 Å². The molecule has 2 bridgehead atoms. The van der Waals surface area contributed by atoms with E-state index in [4.69, 9.17) is 0 Å². The van der Waals surface area contributed by atoms with Crippen LogP contribution in [0.4, 0.5) is 5.69 Å². The standard InChI is InChI=1S/C26H20N2O4/c1-14-11-12-20(15(2)13-14)27-24(29)22-21-16-7-3-5-9-18(16)26(28(31)32,23(22)25(27)30)19-10-6-4-8-17(19)21/h3-13,21-23H,1-2H3/t21?,22-,23+,26?/m0/s1. The fourth-order valence-electron chi connectivity index (χ4n) is 6.34. The van der Waals surface area contributed by atoms with Crippen molar-refractivity contribution >= 4 is 17.5 Å². The van der Waals surface area contributed by atoms with E-state index in [2.05, 4.69) is 0 Å². The minimum absolute atomic E-state index is 0.339. The van der Waals surface area contributed by atoms with Crippen LogP contribution < -0.4 is 4.90 Å². The first-order chi connectivity index (χ1) is 15.4. The van der Waals surface area contributed by atoms with E-state index in [1.54, 1.807) is 30.3 Å². The molecule has 0 N–H and O–H groups in total. The Bertz CT molecular complexity index is 1310. The molecule has 1 aliphatic heterocycles. The number of hydrogen-bond donors (Lipinski definition) is 0. The molecule has 0 spiro atoms. The fraction of sp³-hybridized carbons (Fsp3) is 0.231. The van der Waals surface area contributed by atoms with Crippen molar-refractivity contribution in [1.29, 1.82) is 0 Å². The van der Waals surface area contributed by atoms with E-state index in [9.17, 15) is 19.7 Å². The van der Waals surface area contributed by atoms with Gasteiger partial charge in [-0.15, -0.1) is 0 Å². The average Bonchev–Trinajstić information content (AvgIpc) is 3.05. The van der Waals surface area contributed by atoms with Crippen LogP contribution in [0.3, 0.4) is 0 Å². The maximum Gasteiger partial charge on any atom is 0.285 e. The minimum Gasteiger partial charge on any atom is -0.274 e. The largest absolute Gasteiger partial charge is 0.285 e. The molecule has 3 aliphatic carbocycles. The number of amides is 2. The summed E-state index contributed by atoms with van der Waals surface area (Å²) in [5.41, 5.74) is 3.13. The van der Waals surface area contributed by atoms with Crippen molar-refractivity contribution in [3.05, 3.63) is 110 Å². The number of carbonyl (C=O) groups excluding carboxylic acids is 2. The van der Waals surface area contributed by atoms with Gasteiger partial charge in [-0.2, -0.15) is 0 Å². The molecule has 32 heavy (non-hydrogen) atoms. The molecule has 0 aromatic heterocycles. The van der Waals surface area contributed by atoms with Gasteiger partial charge in [-0.1, -0.05) is 66.2 Å². The summed E-state index contributed by atoms with van der Waals surface area (Å²) in [7, 11) is 0. The van der Waals surface area contributed by atoms with Crippen molar-refractivity contribution < 1.29 is 14.5 Å². The molecule has 3 aromatic carbocycles. The van der Waals surface area contributed by atoms with E-state index in [0.29, 0.717) is 16.8 Å². The van der Waals surface area contributed by atoms with Gasteiger partial charge in [0.05, 0.1) is 11.6 Å². The summed E-state index contributed by atoms with van der Waals surface area (Å²) >= 11 is 0. The number of anilines is 1.